The topological polar surface area (TPSA) is 66.6 Å². The number of hydrazone groups is 1. The van der Waals surface area contributed by atoms with E-state index in [0.717, 1.165) is 16.5 Å². The predicted octanol–water partition coefficient (Wildman–Crippen LogP) is 4.21. The van der Waals surface area contributed by atoms with Gasteiger partial charge in [0.1, 0.15) is 0 Å². The minimum absolute atomic E-state index is 0.469. The first-order valence-electron chi connectivity index (χ1n) is 10.0. The van der Waals surface area contributed by atoms with E-state index in [4.69, 9.17) is 0 Å². The van der Waals surface area contributed by atoms with E-state index < -0.39 is 11.5 Å². The number of amides is 1. The fourth-order valence-electron chi connectivity index (χ4n) is 3.70. The maximum Gasteiger partial charge on any atom is 0.281 e. The minimum atomic E-state index is -1.86. The molecule has 1 aromatic heterocycles. The summed E-state index contributed by atoms with van der Waals surface area (Å²) in [6, 6.07) is 25.7. The van der Waals surface area contributed by atoms with Crippen molar-refractivity contribution in [2.75, 3.05) is 0 Å². The van der Waals surface area contributed by atoms with Crippen molar-refractivity contribution in [2.45, 2.75) is 12.1 Å². The summed E-state index contributed by atoms with van der Waals surface area (Å²) in [4.78, 5) is 13.1. The van der Waals surface area contributed by atoms with Gasteiger partial charge in [-0.3, -0.25) is 4.79 Å². The van der Waals surface area contributed by atoms with Gasteiger partial charge in [-0.2, -0.15) is 5.10 Å². The van der Waals surface area contributed by atoms with E-state index in [1.165, 1.54) is 0 Å². The second-order valence-electron chi connectivity index (χ2n) is 7.18. The first-order valence-corrected chi connectivity index (χ1v) is 10.0. The van der Waals surface area contributed by atoms with Gasteiger partial charge in [0.05, 0.1) is 6.21 Å². The molecule has 154 valence electrons. The molecule has 0 aliphatic heterocycles. The molecule has 0 saturated heterocycles. The van der Waals surface area contributed by atoms with Crippen LogP contribution in [0, 0.1) is 0 Å². The van der Waals surface area contributed by atoms with Crippen LogP contribution in [0.1, 0.15) is 16.7 Å². The van der Waals surface area contributed by atoms with Crippen molar-refractivity contribution in [3.63, 3.8) is 0 Å². The zero-order valence-corrected chi connectivity index (χ0v) is 17.0. The Morgan fingerprint density at radius 3 is 2.16 bits per heavy atom. The Labute approximate surface area is 181 Å². The summed E-state index contributed by atoms with van der Waals surface area (Å²) >= 11 is 0. The number of nitrogens with one attached hydrogen (secondary N) is 1. The van der Waals surface area contributed by atoms with Crippen molar-refractivity contribution in [1.82, 2.24) is 9.99 Å². The molecular weight excluding hydrogens is 386 g/mol. The Hall–Kier alpha value is -3.96. The SMILES string of the molecule is C=CCn1cc(/C=N\NC(=O)C(O)(c2ccccc2)c2ccccc2)c2ccccc21. The summed E-state index contributed by atoms with van der Waals surface area (Å²) in [5, 5.41) is 16.6. The fraction of sp³-hybridized carbons (Fsp3) is 0.0769. The number of benzene rings is 3. The average Bonchev–Trinajstić information content (AvgIpc) is 3.17. The Morgan fingerprint density at radius 2 is 1.55 bits per heavy atom. The van der Waals surface area contributed by atoms with E-state index in [-0.39, 0.29) is 0 Å². The lowest BCUT2D eigenvalue weighted by Gasteiger charge is -2.27. The molecule has 1 heterocycles. The van der Waals surface area contributed by atoms with E-state index in [0.29, 0.717) is 17.7 Å². The molecule has 4 rings (SSSR count). The minimum Gasteiger partial charge on any atom is -0.372 e. The number of carbonyl (C=O) groups is 1. The third-order valence-electron chi connectivity index (χ3n) is 5.23. The highest BCUT2D eigenvalue weighted by Crippen LogP contribution is 2.30. The third-order valence-corrected chi connectivity index (χ3v) is 5.23. The molecule has 31 heavy (non-hydrogen) atoms. The molecule has 0 spiro atoms. The van der Waals surface area contributed by atoms with Gasteiger partial charge in [-0.15, -0.1) is 6.58 Å². The van der Waals surface area contributed by atoms with Crippen LogP contribution in [0.2, 0.25) is 0 Å². The van der Waals surface area contributed by atoms with Crippen molar-refractivity contribution < 1.29 is 9.90 Å². The van der Waals surface area contributed by atoms with Gasteiger partial charge >= 0.3 is 0 Å². The number of aliphatic hydroxyl groups is 1. The van der Waals surface area contributed by atoms with Crippen molar-refractivity contribution in [3.05, 3.63) is 120 Å². The number of para-hydroxylation sites is 1. The van der Waals surface area contributed by atoms with Crippen LogP contribution in [-0.2, 0) is 16.9 Å². The van der Waals surface area contributed by atoms with Crippen LogP contribution in [0.4, 0.5) is 0 Å². The number of hydrogen-bond acceptors (Lipinski definition) is 3. The van der Waals surface area contributed by atoms with Crippen LogP contribution >= 0.6 is 0 Å². The van der Waals surface area contributed by atoms with Crippen molar-refractivity contribution in [3.8, 4) is 0 Å². The maximum absolute atomic E-state index is 13.1. The summed E-state index contributed by atoms with van der Waals surface area (Å²) in [6.07, 6.45) is 5.38. The number of fused-ring (bicyclic) bond motifs is 1. The lowest BCUT2D eigenvalue weighted by molar-refractivity contribution is -0.136. The highest BCUT2D eigenvalue weighted by atomic mass is 16.3. The van der Waals surface area contributed by atoms with Gasteiger partial charge in [-0.25, -0.2) is 5.43 Å². The number of hydrogen-bond donors (Lipinski definition) is 2. The summed E-state index contributed by atoms with van der Waals surface area (Å²) in [6.45, 7) is 4.47. The Balaban J connectivity index is 1.64. The Bertz CT molecular complexity index is 1190. The van der Waals surface area contributed by atoms with Gasteiger partial charge in [0.25, 0.3) is 5.91 Å². The number of aromatic nitrogens is 1. The largest absolute Gasteiger partial charge is 0.372 e. The number of allylic oxidation sites excluding steroid dienone is 1. The molecule has 0 aliphatic rings. The summed E-state index contributed by atoms with van der Waals surface area (Å²) in [5.74, 6) is -0.629. The Morgan fingerprint density at radius 1 is 0.968 bits per heavy atom. The van der Waals surface area contributed by atoms with Crippen molar-refractivity contribution in [1.29, 1.82) is 0 Å². The fourth-order valence-corrected chi connectivity index (χ4v) is 3.70. The first-order chi connectivity index (χ1) is 15.1. The second-order valence-corrected chi connectivity index (χ2v) is 7.18. The predicted molar refractivity (Wildman–Crippen MR) is 124 cm³/mol. The zero-order valence-electron chi connectivity index (χ0n) is 17.0. The van der Waals surface area contributed by atoms with Crippen LogP contribution in [0.5, 0.6) is 0 Å². The van der Waals surface area contributed by atoms with E-state index in [1.807, 2.05) is 48.7 Å². The molecule has 5 nitrogen and oxygen atoms in total. The smallest absolute Gasteiger partial charge is 0.281 e. The molecule has 0 saturated carbocycles. The summed E-state index contributed by atoms with van der Waals surface area (Å²) in [7, 11) is 0. The lowest BCUT2D eigenvalue weighted by Crippen LogP contribution is -2.43. The highest BCUT2D eigenvalue weighted by Gasteiger charge is 2.39. The van der Waals surface area contributed by atoms with Crippen LogP contribution in [0.15, 0.2) is 109 Å². The van der Waals surface area contributed by atoms with E-state index in [9.17, 15) is 9.90 Å². The van der Waals surface area contributed by atoms with Gasteiger partial charge in [0.15, 0.2) is 5.60 Å². The molecule has 0 atom stereocenters. The monoisotopic (exact) mass is 409 g/mol. The van der Waals surface area contributed by atoms with Gasteiger partial charge in [-0.05, 0) is 17.2 Å². The molecule has 2 N–H and O–H groups in total. The van der Waals surface area contributed by atoms with E-state index >= 15 is 0 Å². The highest BCUT2D eigenvalue weighted by molar-refractivity contribution is 6.00. The lowest BCUT2D eigenvalue weighted by atomic mass is 9.85. The molecule has 1 amide bonds. The molecule has 0 aliphatic carbocycles. The second kappa shape index (κ2) is 8.81. The number of rotatable bonds is 7. The van der Waals surface area contributed by atoms with Gasteiger partial charge in [0, 0.05) is 29.2 Å². The van der Waals surface area contributed by atoms with Crippen molar-refractivity contribution in [2.24, 2.45) is 5.10 Å². The van der Waals surface area contributed by atoms with Gasteiger partial charge in [0.2, 0.25) is 0 Å². The third kappa shape index (κ3) is 3.91. The van der Waals surface area contributed by atoms with E-state index in [1.54, 1.807) is 54.7 Å². The number of carbonyl (C=O) groups excluding carboxylic acids is 1. The van der Waals surface area contributed by atoms with E-state index in [2.05, 4.69) is 21.7 Å². The van der Waals surface area contributed by atoms with Crippen molar-refractivity contribution >= 4 is 23.0 Å². The molecule has 4 aromatic rings. The standard InChI is InChI=1S/C26H23N3O2/c1-2-17-29-19-20(23-15-9-10-16-24(23)29)18-27-28-25(30)26(31,21-11-5-3-6-12-21)22-13-7-4-8-14-22/h2-16,18-19,31H,1,17H2,(H,28,30)/b27-18-. The first kappa shape index (κ1) is 20.3. The average molecular weight is 409 g/mol. The Kier molecular flexibility index (Phi) is 5.78. The molecule has 3 aromatic carbocycles. The molecule has 0 radical (unpaired) electrons. The molecule has 0 unspecified atom stereocenters. The van der Waals surface area contributed by atoms with Gasteiger partial charge in [-0.1, -0.05) is 84.9 Å². The molecule has 5 heteroatoms. The molecule has 0 fully saturated rings. The van der Waals surface area contributed by atoms with Crippen LogP contribution in [-0.4, -0.2) is 21.8 Å². The normalized spacial score (nSPS) is 11.6. The summed E-state index contributed by atoms with van der Waals surface area (Å²) in [5.41, 5.74) is 3.52. The van der Waals surface area contributed by atoms with Crippen LogP contribution < -0.4 is 5.43 Å². The molecule has 0 bridgehead atoms. The zero-order chi connectivity index (χ0) is 21.7. The summed E-state index contributed by atoms with van der Waals surface area (Å²) < 4.78 is 2.07. The quantitative estimate of drug-likeness (QED) is 0.273. The maximum atomic E-state index is 13.1. The van der Waals surface area contributed by atoms with Crippen LogP contribution in [0.25, 0.3) is 10.9 Å². The van der Waals surface area contributed by atoms with Crippen LogP contribution in [0.3, 0.4) is 0 Å². The van der Waals surface area contributed by atoms with Gasteiger partial charge < -0.3 is 9.67 Å². The molecular formula is C26H23N3O2. The number of nitrogens with zero attached hydrogens (tertiary/aromatic N) is 2.